The average molecular weight is 309 g/mol. The van der Waals surface area contributed by atoms with Crippen LogP contribution in [0.25, 0.3) is 0 Å². The Kier molecular flexibility index (Phi) is 3.05. The molecule has 23 heavy (non-hydrogen) atoms. The molecule has 0 N–H and O–H groups in total. The Morgan fingerprint density at radius 3 is 2.52 bits per heavy atom. The number of ketones is 1. The van der Waals surface area contributed by atoms with Crippen LogP contribution in [0.4, 0.5) is 5.69 Å². The summed E-state index contributed by atoms with van der Waals surface area (Å²) >= 11 is 0. The molecule has 0 bridgehead atoms. The highest BCUT2D eigenvalue weighted by Crippen LogP contribution is 2.56. The van der Waals surface area contributed by atoms with E-state index in [4.69, 9.17) is 0 Å². The molecule has 0 aromatic heterocycles. The number of nitrogens with zero attached hydrogens (tertiary/aromatic N) is 1. The number of hydrogen-bond acceptors (Lipinski definition) is 3. The molecule has 0 radical (unpaired) electrons. The summed E-state index contributed by atoms with van der Waals surface area (Å²) in [5.41, 5.74) is 1.36. The first-order chi connectivity index (χ1) is 11.0. The van der Waals surface area contributed by atoms with Crippen LogP contribution in [0.15, 0.2) is 42.0 Å². The smallest absolute Gasteiger partial charge is 0.238 e. The molecule has 3 atom stereocenters. The van der Waals surface area contributed by atoms with E-state index < -0.39 is 0 Å². The average Bonchev–Trinajstić information content (AvgIpc) is 2.81. The molecular weight excluding hydrogens is 290 g/mol. The standard InChI is InChI=1S/C19H19NO3/c1-19-10-9-14(21)11-12(19)7-8-15-16(19)18(23)20(17(15)22)13-5-3-2-4-6-13/h2-6,11,15-16H,7-10H2,1H3/t15-,16+,19+/m0/s1. The van der Waals surface area contributed by atoms with Gasteiger partial charge in [0.25, 0.3) is 0 Å². The molecule has 4 nitrogen and oxygen atoms in total. The zero-order valence-electron chi connectivity index (χ0n) is 13.1. The molecule has 0 unspecified atom stereocenters. The topological polar surface area (TPSA) is 54.5 Å². The number of carbonyl (C=O) groups excluding carboxylic acids is 3. The van der Waals surface area contributed by atoms with E-state index in [1.165, 1.54) is 4.90 Å². The van der Waals surface area contributed by atoms with Crippen molar-refractivity contribution in [1.82, 2.24) is 0 Å². The van der Waals surface area contributed by atoms with Crippen molar-refractivity contribution in [2.24, 2.45) is 17.3 Å². The lowest BCUT2D eigenvalue weighted by atomic mass is 9.57. The minimum Gasteiger partial charge on any atom is -0.295 e. The van der Waals surface area contributed by atoms with Gasteiger partial charge in [-0.15, -0.1) is 0 Å². The van der Waals surface area contributed by atoms with Crippen LogP contribution in [0.3, 0.4) is 0 Å². The Labute approximate surface area is 135 Å². The van der Waals surface area contributed by atoms with Gasteiger partial charge in [-0.05, 0) is 37.5 Å². The fourth-order valence-electron chi connectivity index (χ4n) is 4.57. The van der Waals surface area contributed by atoms with Gasteiger partial charge in [0.15, 0.2) is 5.78 Å². The minimum atomic E-state index is -0.354. The largest absolute Gasteiger partial charge is 0.295 e. The summed E-state index contributed by atoms with van der Waals surface area (Å²) in [6.07, 6.45) is 4.26. The Balaban J connectivity index is 1.78. The highest BCUT2D eigenvalue weighted by atomic mass is 16.2. The molecule has 2 fully saturated rings. The van der Waals surface area contributed by atoms with Crippen molar-refractivity contribution in [3.63, 3.8) is 0 Å². The van der Waals surface area contributed by atoms with E-state index in [9.17, 15) is 14.4 Å². The molecule has 1 heterocycles. The molecule has 1 aliphatic heterocycles. The zero-order valence-corrected chi connectivity index (χ0v) is 13.1. The third-order valence-corrected chi connectivity index (χ3v) is 5.81. The number of amides is 2. The minimum absolute atomic E-state index is 0.0802. The molecule has 118 valence electrons. The highest BCUT2D eigenvalue weighted by molar-refractivity contribution is 6.22. The number of imide groups is 1. The van der Waals surface area contributed by atoms with Gasteiger partial charge in [0.05, 0.1) is 17.5 Å². The van der Waals surface area contributed by atoms with E-state index in [1.807, 2.05) is 18.2 Å². The van der Waals surface area contributed by atoms with Crippen LogP contribution < -0.4 is 4.90 Å². The van der Waals surface area contributed by atoms with Crippen LogP contribution in [0.2, 0.25) is 0 Å². The summed E-state index contributed by atoms with van der Waals surface area (Å²) in [6.45, 7) is 2.06. The van der Waals surface area contributed by atoms with Gasteiger partial charge >= 0.3 is 0 Å². The monoisotopic (exact) mass is 309 g/mol. The van der Waals surface area contributed by atoms with Gasteiger partial charge in [0, 0.05) is 11.8 Å². The lowest BCUT2D eigenvalue weighted by molar-refractivity contribution is -0.127. The number of allylic oxidation sites excluding steroid dienone is 2. The second-order valence-corrected chi connectivity index (χ2v) is 7.02. The molecule has 1 aromatic carbocycles. The lowest BCUT2D eigenvalue weighted by Crippen LogP contribution is -2.43. The van der Waals surface area contributed by atoms with E-state index >= 15 is 0 Å². The fraction of sp³-hybridized carbons (Fsp3) is 0.421. The van der Waals surface area contributed by atoms with E-state index in [-0.39, 0.29) is 34.8 Å². The maximum atomic E-state index is 13.1. The van der Waals surface area contributed by atoms with Crippen molar-refractivity contribution >= 4 is 23.3 Å². The number of benzene rings is 1. The number of fused-ring (bicyclic) bond motifs is 3. The van der Waals surface area contributed by atoms with Gasteiger partial charge < -0.3 is 0 Å². The predicted octanol–water partition coefficient (Wildman–Crippen LogP) is 2.88. The quantitative estimate of drug-likeness (QED) is 0.750. The van der Waals surface area contributed by atoms with Crippen molar-refractivity contribution in [2.45, 2.75) is 32.6 Å². The second kappa shape index (κ2) is 4.88. The second-order valence-electron chi connectivity index (χ2n) is 7.02. The van der Waals surface area contributed by atoms with Crippen molar-refractivity contribution < 1.29 is 14.4 Å². The summed E-state index contributed by atoms with van der Waals surface area (Å²) in [5.74, 6) is -0.619. The summed E-state index contributed by atoms with van der Waals surface area (Å²) in [5, 5.41) is 0. The van der Waals surface area contributed by atoms with Crippen LogP contribution in [0, 0.1) is 17.3 Å². The Bertz CT molecular complexity index is 736. The van der Waals surface area contributed by atoms with Crippen molar-refractivity contribution in [3.8, 4) is 0 Å². The Hall–Kier alpha value is -2.23. The Morgan fingerprint density at radius 1 is 1.04 bits per heavy atom. The molecule has 1 aromatic rings. The maximum absolute atomic E-state index is 13.1. The van der Waals surface area contributed by atoms with E-state index in [0.717, 1.165) is 12.0 Å². The predicted molar refractivity (Wildman–Crippen MR) is 85.6 cm³/mol. The number of rotatable bonds is 1. The summed E-state index contributed by atoms with van der Waals surface area (Å²) in [7, 11) is 0. The van der Waals surface area contributed by atoms with Crippen LogP contribution >= 0.6 is 0 Å². The third-order valence-electron chi connectivity index (χ3n) is 5.81. The van der Waals surface area contributed by atoms with Crippen molar-refractivity contribution in [1.29, 1.82) is 0 Å². The molecule has 0 spiro atoms. The van der Waals surface area contributed by atoms with Gasteiger partial charge in [-0.25, -0.2) is 0 Å². The van der Waals surface area contributed by atoms with Crippen LogP contribution in [-0.2, 0) is 14.4 Å². The fourth-order valence-corrected chi connectivity index (χ4v) is 4.57. The maximum Gasteiger partial charge on any atom is 0.238 e. The van der Waals surface area contributed by atoms with Gasteiger partial charge in [-0.2, -0.15) is 0 Å². The molecule has 4 rings (SSSR count). The molecular formula is C19H19NO3. The third kappa shape index (κ3) is 1.94. The van der Waals surface area contributed by atoms with Crippen molar-refractivity contribution in [3.05, 3.63) is 42.0 Å². The number of anilines is 1. The highest BCUT2D eigenvalue weighted by Gasteiger charge is 2.59. The summed E-state index contributed by atoms with van der Waals surface area (Å²) in [6, 6.07) is 9.15. The zero-order chi connectivity index (χ0) is 16.2. The first kappa shape index (κ1) is 14.4. The Morgan fingerprint density at radius 2 is 1.78 bits per heavy atom. The summed E-state index contributed by atoms with van der Waals surface area (Å²) < 4.78 is 0. The number of carbonyl (C=O) groups is 3. The number of para-hydroxylation sites is 1. The molecule has 2 amide bonds. The van der Waals surface area contributed by atoms with Crippen LogP contribution in [-0.4, -0.2) is 17.6 Å². The van der Waals surface area contributed by atoms with E-state index in [2.05, 4.69) is 6.92 Å². The SMILES string of the molecule is C[C@@]12CCC(=O)C=C1CC[C@@H]1C(=O)N(c3ccccc3)C(=O)[C@@H]12. The molecule has 4 heteroatoms. The van der Waals surface area contributed by atoms with Gasteiger partial charge in [0.2, 0.25) is 11.8 Å². The molecule has 2 aliphatic carbocycles. The van der Waals surface area contributed by atoms with Gasteiger partial charge in [-0.1, -0.05) is 30.7 Å². The van der Waals surface area contributed by atoms with Crippen LogP contribution in [0.5, 0.6) is 0 Å². The van der Waals surface area contributed by atoms with Gasteiger partial charge in [0.1, 0.15) is 0 Å². The van der Waals surface area contributed by atoms with E-state index in [1.54, 1.807) is 18.2 Å². The first-order valence-electron chi connectivity index (χ1n) is 8.19. The molecule has 3 aliphatic rings. The lowest BCUT2D eigenvalue weighted by Gasteiger charge is -2.44. The van der Waals surface area contributed by atoms with Crippen molar-refractivity contribution in [2.75, 3.05) is 4.90 Å². The normalized spacial score (nSPS) is 33.3. The summed E-state index contributed by atoms with van der Waals surface area (Å²) in [4.78, 5) is 39.0. The van der Waals surface area contributed by atoms with E-state index in [0.29, 0.717) is 24.9 Å². The van der Waals surface area contributed by atoms with Gasteiger partial charge in [-0.3, -0.25) is 19.3 Å². The molecule has 1 saturated carbocycles. The first-order valence-corrected chi connectivity index (χ1v) is 8.19. The van der Waals surface area contributed by atoms with Crippen LogP contribution in [0.1, 0.15) is 32.6 Å². The molecule has 1 saturated heterocycles. The number of hydrogen-bond donors (Lipinski definition) is 0.